The minimum Gasteiger partial charge on any atom is -0.356 e. The van der Waals surface area contributed by atoms with Gasteiger partial charge in [0.25, 0.3) is 0 Å². The summed E-state index contributed by atoms with van der Waals surface area (Å²) in [4.78, 5) is 11.6. The number of amides is 1. The van der Waals surface area contributed by atoms with Gasteiger partial charge in [-0.2, -0.15) is 0 Å². The van der Waals surface area contributed by atoms with E-state index >= 15 is 0 Å². The normalized spacial score (nSPS) is 13.9. The smallest absolute Gasteiger partial charge is 0.224 e. The van der Waals surface area contributed by atoms with Crippen molar-refractivity contribution in [3.8, 4) is 0 Å². The molecule has 0 aromatic heterocycles. The number of nitrogens with one attached hydrogen (secondary N) is 1. The van der Waals surface area contributed by atoms with Gasteiger partial charge in [0.1, 0.15) is 0 Å². The van der Waals surface area contributed by atoms with Crippen molar-refractivity contribution >= 4 is 18.3 Å². The van der Waals surface area contributed by atoms with E-state index in [-0.39, 0.29) is 30.3 Å². The summed E-state index contributed by atoms with van der Waals surface area (Å²) < 4.78 is 0. The van der Waals surface area contributed by atoms with E-state index in [2.05, 4.69) is 19.2 Å². The van der Waals surface area contributed by atoms with Crippen LogP contribution >= 0.6 is 12.4 Å². The Labute approximate surface area is 119 Å². The van der Waals surface area contributed by atoms with Gasteiger partial charge in [0.2, 0.25) is 5.91 Å². The number of nitrogens with two attached hydrogens (primary N) is 1. The molecule has 3 N–H and O–H groups in total. The Morgan fingerprint density at radius 1 is 1.06 bits per heavy atom. The predicted octanol–water partition coefficient (Wildman–Crippen LogP) is 3.11. The molecule has 18 heavy (non-hydrogen) atoms. The molecule has 4 heteroatoms. The highest BCUT2D eigenvalue weighted by molar-refractivity contribution is 5.85. The molecule has 0 fully saturated rings. The monoisotopic (exact) mass is 278 g/mol. The molecule has 0 aromatic carbocycles. The second kappa shape index (κ2) is 11.8. The maximum atomic E-state index is 11.6. The van der Waals surface area contributed by atoms with Crippen molar-refractivity contribution < 1.29 is 4.79 Å². The van der Waals surface area contributed by atoms with Crippen LogP contribution in [0.25, 0.3) is 0 Å². The van der Waals surface area contributed by atoms with E-state index in [1.54, 1.807) is 0 Å². The molecule has 0 saturated heterocycles. The highest BCUT2D eigenvalue weighted by Crippen LogP contribution is 2.09. The quantitative estimate of drug-likeness (QED) is 0.637. The Morgan fingerprint density at radius 2 is 1.61 bits per heavy atom. The molecular formula is C14H31ClN2O. The van der Waals surface area contributed by atoms with Crippen LogP contribution in [-0.2, 0) is 4.79 Å². The van der Waals surface area contributed by atoms with Crippen molar-refractivity contribution in [3.63, 3.8) is 0 Å². The zero-order chi connectivity index (χ0) is 13.3. The number of rotatable bonds is 9. The molecule has 0 spiro atoms. The summed E-state index contributed by atoms with van der Waals surface area (Å²) in [6, 6.07) is -0.0685. The van der Waals surface area contributed by atoms with Gasteiger partial charge in [-0.1, -0.05) is 46.5 Å². The van der Waals surface area contributed by atoms with Crippen molar-refractivity contribution in [2.24, 2.45) is 17.6 Å². The van der Waals surface area contributed by atoms with Gasteiger partial charge < -0.3 is 11.1 Å². The van der Waals surface area contributed by atoms with Crippen molar-refractivity contribution in [2.45, 2.75) is 65.8 Å². The van der Waals surface area contributed by atoms with Crippen LogP contribution in [0.3, 0.4) is 0 Å². The molecule has 0 aromatic rings. The van der Waals surface area contributed by atoms with Crippen LogP contribution < -0.4 is 11.1 Å². The van der Waals surface area contributed by atoms with Crippen LogP contribution in [0.15, 0.2) is 0 Å². The first-order valence-electron chi connectivity index (χ1n) is 6.98. The lowest BCUT2D eigenvalue weighted by atomic mass is 10.0. The van der Waals surface area contributed by atoms with Crippen LogP contribution in [0.2, 0.25) is 0 Å². The van der Waals surface area contributed by atoms with Crippen molar-refractivity contribution in [1.29, 1.82) is 0 Å². The molecule has 0 aliphatic rings. The molecule has 3 nitrogen and oxygen atoms in total. The fourth-order valence-corrected chi connectivity index (χ4v) is 1.64. The van der Waals surface area contributed by atoms with Crippen molar-refractivity contribution in [3.05, 3.63) is 0 Å². The molecule has 0 heterocycles. The average Bonchev–Trinajstić information content (AvgIpc) is 2.25. The first kappa shape index (κ1) is 20.0. The van der Waals surface area contributed by atoms with Crippen LogP contribution in [0.1, 0.15) is 59.8 Å². The highest BCUT2D eigenvalue weighted by atomic mass is 35.5. The Morgan fingerprint density at radius 3 is 2.11 bits per heavy atom. The first-order valence-corrected chi connectivity index (χ1v) is 6.98. The van der Waals surface area contributed by atoms with E-state index in [0.717, 1.165) is 18.9 Å². The van der Waals surface area contributed by atoms with E-state index in [1.807, 2.05) is 13.8 Å². The fourth-order valence-electron chi connectivity index (χ4n) is 1.64. The van der Waals surface area contributed by atoms with E-state index in [0.29, 0.717) is 0 Å². The van der Waals surface area contributed by atoms with Gasteiger partial charge in [-0.25, -0.2) is 0 Å². The number of hydrogen-bond acceptors (Lipinski definition) is 2. The topological polar surface area (TPSA) is 55.1 Å². The van der Waals surface area contributed by atoms with Crippen molar-refractivity contribution in [2.75, 3.05) is 6.54 Å². The van der Waals surface area contributed by atoms with Crippen molar-refractivity contribution in [1.82, 2.24) is 5.32 Å². The average molecular weight is 279 g/mol. The van der Waals surface area contributed by atoms with E-state index in [1.165, 1.54) is 25.7 Å². The standard InChI is InChI=1S/C14H30N2O.ClH/c1-11(2)9-7-5-6-8-10-16-14(17)12(3)13(4)15;/h11-13H,5-10,15H2,1-4H3,(H,16,17);1H. The van der Waals surface area contributed by atoms with Crippen LogP contribution in [0.5, 0.6) is 0 Å². The highest BCUT2D eigenvalue weighted by Gasteiger charge is 2.15. The van der Waals surface area contributed by atoms with Gasteiger partial charge in [-0.05, 0) is 19.3 Å². The molecule has 1 amide bonds. The number of hydrogen-bond donors (Lipinski definition) is 2. The summed E-state index contributed by atoms with van der Waals surface area (Å²) >= 11 is 0. The van der Waals surface area contributed by atoms with Gasteiger partial charge in [0.05, 0.1) is 0 Å². The maximum Gasteiger partial charge on any atom is 0.224 e. The Balaban J connectivity index is 0. The first-order chi connectivity index (χ1) is 7.95. The lowest BCUT2D eigenvalue weighted by molar-refractivity contribution is -0.124. The van der Waals surface area contributed by atoms with Crippen LogP contribution in [-0.4, -0.2) is 18.5 Å². The van der Waals surface area contributed by atoms with Crippen LogP contribution in [0.4, 0.5) is 0 Å². The minimum absolute atomic E-state index is 0. The zero-order valence-corrected chi connectivity index (χ0v) is 13.2. The lowest BCUT2D eigenvalue weighted by Gasteiger charge is -2.15. The molecule has 0 aliphatic carbocycles. The third-order valence-electron chi connectivity index (χ3n) is 3.21. The number of carbonyl (C=O) groups excluding carboxylic acids is 1. The van der Waals surface area contributed by atoms with E-state index in [9.17, 15) is 4.79 Å². The summed E-state index contributed by atoms with van der Waals surface area (Å²) in [6.45, 7) is 9.06. The summed E-state index contributed by atoms with van der Waals surface area (Å²) in [7, 11) is 0. The van der Waals surface area contributed by atoms with E-state index in [4.69, 9.17) is 5.73 Å². The second-order valence-electron chi connectivity index (χ2n) is 5.54. The molecular weight excluding hydrogens is 248 g/mol. The number of carbonyl (C=O) groups is 1. The van der Waals surface area contributed by atoms with Gasteiger partial charge >= 0.3 is 0 Å². The van der Waals surface area contributed by atoms with Gasteiger partial charge in [-0.3, -0.25) is 4.79 Å². The summed E-state index contributed by atoms with van der Waals surface area (Å²) in [5, 5.41) is 2.94. The van der Waals surface area contributed by atoms with E-state index < -0.39 is 0 Å². The number of halogens is 1. The third-order valence-corrected chi connectivity index (χ3v) is 3.21. The number of unbranched alkanes of at least 4 members (excludes halogenated alkanes) is 3. The zero-order valence-electron chi connectivity index (χ0n) is 12.4. The molecule has 0 bridgehead atoms. The molecule has 0 rings (SSSR count). The molecule has 0 radical (unpaired) electrons. The summed E-state index contributed by atoms with van der Waals surface area (Å²) in [5.74, 6) is 0.805. The molecule has 110 valence electrons. The maximum absolute atomic E-state index is 11.6. The molecule has 2 unspecified atom stereocenters. The molecule has 2 atom stereocenters. The predicted molar refractivity (Wildman–Crippen MR) is 81.0 cm³/mol. The van der Waals surface area contributed by atoms with Gasteiger partial charge in [0.15, 0.2) is 0 Å². The SMILES string of the molecule is CC(C)CCCCCCNC(=O)C(C)C(C)N.Cl. The fraction of sp³-hybridized carbons (Fsp3) is 0.929. The largest absolute Gasteiger partial charge is 0.356 e. The second-order valence-corrected chi connectivity index (χ2v) is 5.54. The van der Waals surface area contributed by atoms with Gasteiger partial charge in [-0.15, -0.1) is 12.4 Å². The lowest BCUT2D eigenvalue weighted by Crippen LogP contribution is -2.38. The minimum atomic E-state index is -0.0871. The molecule has 0 aliphatic heterocycles. The third kappa shape index (κ3) is 10.8. The summed E-state index contributed by atoms with van der Waals surface area (Å²) in [5.41, 5.74) is 5.67. The van der Waals surface area contributed by atoms with Gasteiger partial charge in [0, 0.05) is 18.5 Å². The summed E-state index contributed by atoms with van der Waals surface area (Å²) in [6.07, 6.45) is 6.18. The Kier molecular flexibility index (Phi) is 13.1. The molecule has 0 saturated carbocycles. The van der Waals surface area contributed by atoms with Crippen LogP contribution in [0, 0.1) is 11.8 Å². The Bertz CT molecular complexity index is 208. The Hall–Kier alpha value is -0.280.